The predicted octanol–water partition coefficient (Wildman–Crippen LogP) is 4.67. The Kier molecular flexibility index (Phi) is 10.6. The van der Waals surface area contributed by atoms with E-state index < -0.39 is 15.8 Å². The number of Topliss-reactive ketones (excluding diaryl/α,β-unsaturated/α-hetero) is 1. The predicted molar refractivity (Wildman–Crippen MR) is 131 cm³/mol. The number of rotatable bonds is 9. The minimum Gasteiger partial charge on any atom is -0.496 e. The van der Waals surface area contributed by atoms with Crippen molar-refractivity contribution in [2.24, 2.45) is 0 Å². The molecule has 0 amide bonds. The number of nitrogens with zero attached hydrogens (tertiary/aromatic N) is 2. The van der Waals surface area contributed by atoms with Crippen molar-refractivity contribution in [3.05, 3.63) is 29.6 Å². The molecule has 3 rings (SSSR count). The standard InChI is InChI=1S/C24H37FN2O4S.ClH/c1-3-19-32(29,30)27-17-15-26(16-18-27)24(12-6-4-5-7-13-24)14-11-21(28)23-20(25)9-8-10-22(23)31-2;/h8-10H,3-7,11-19H2,1-2H3;1H. The zero-order valence-corrected chi connectivity index (χ0v) is 21.5. The van der Waals surface area contributed by atoms with E-state index in [1.165, 1.54) is 26.0 Å². The molecule has 0 unspecified atom stereocenters. The largest absolute Gasteiger partial charge is 0.496 e. The van der Waals surface area contributed by atoms with Gasteiger partial charge in [0.1, 0.15) is 11.6 Å². The fraction of sp³-hybridized carbons (Fsp3) is 0.708. The number of methoxy groups -OCH3 is 1. The highest BCUT2D eigenvalue weighted by molar-refractivity contribution is 7.89. The lowest BCUT2D eigenvalue weighted by Crippen LogP contribution is -2.58. The van der Waals surface area contributed by atoms with Crippen molar-refractivity contribution in [2.75, 3.05) is 39.0 Å². The molecule has 1 saturated heterocycles. The van der Waals surface area contributed by atoms with Crippen molar-refractivity contribution in [1.82, 2.24) is 9.21 Å². The molecule has 1 heterocycles. The highest BCUT2D eigenvalue weighted by Gasteiger charge is 2.40. The van der Waals surface area contributed by atoms with Crippen LogP contribution < -0.4 is 4.74 Å². The molecule has 1 saturated carbocycles. The highest BCUT2D eigenvalue weighted by atomic mass is 35.5. The van der Waals surface area contributed by atoms with Crippen LogP contribution in [-0.4, -0.2) is 68.0 Å². The summed E-state index contributed by atoms with van der Waals surface area (Å²) in [6.45, 7) is 4.24. The molecule has 2 fully saturated rings. The first-order valence-electron chi connectivity index (χ1n) is 11.9. The van der Waals surface area contributed by atoms with Crippen LogP contribution >= 0.6 is 12.4 Å². The molecule has 33 heavy (non-hydrogen) atoms. The van der Waals surface area contributed by atoms with Gasteiger partial charge in [0.15, 0.2) is 5.78 Å². The van der Waals surface area contributed by atoms with Gasteiger partial charge in [0.25, 0.3) is 0 Å². The first-order chi connectivity index (χ1) is 15.3. The average Bonchev–Trinajstić information content (AvgIpc) is 3.04. The molecule has 0 bridgehead atoms. The number of ketones is 1. The molecule has 0 spiro atoms. The van der Waals surface area contributed by atoms with E-state index in [1.807, 2.05) is 6.92 Å². The number of ether oxygens (including phenoxy) is 1. The Balaban J connectivity index is 0.00000385. The van der Waals surface area contributed by atoms with Crippen LogP contribution in [0.2, 0.25) is 0 Å². The third-order valence-corrected chi connectivity index (χ3v) is 9.17. The summed E-state index contributed by atoms with van der Waals surface area (Å²) in [7, 11) is -1.74. The molecule has 1 aromatic carbocycles. The summed E-state index contributed by atoms with van der Waals surface area (Å²) in [5.41, 5.74) is -0.0973. The van der Waals surface area contributed by atoms with E-state index in [1.54, 1.807) is 16.4 Å². The minimum atomic E-state index is -3.19. The van der Waals surface area contributed by atoms with Crippen molar-refractivity contribution in [2.45, 2.75) is 70.3 Å². The lowest BCUT2D eigenvalue weighted by Gasteiger charge is -2.48. The maximum atomic E-state index is 14.4. The second-order valence-corrected chi connectivity index (χ2v) is 11.2. The van der Waals surface area contributed by atoms with Crippen molar-refractivity contribution in [3.63, 3.8) is 0 Å². The number of piperazine rings is 1. The number of sulfonamides is 1. The van der Waals surface area contributed by atoms with Gasteiger partial charge < -0.3 is 4.74 Å². The molecule has 1 aliphatic heterocycles. The van der Waals surface area contributed by atoms with E-state index in [4.69, 9.17) is 4.74 Å². The maximum absolute atomic E-state index is 14.4. The van der Waals surface area contributed by atoms with Gasteiger partial charge in [0, 0.05) is 38.1 Å². The van der Waals surface area contributed by atoms with Crippen LogP contribution in [0.25, 0.3) is 0 Å². The van der Waals surface area contributed by atoms with Gasteiger partial charge in [0.05, 0.1) is 18.4 Å². The Labute approximate surface area is 204 Å². The third kappa shape index (κ3) is 6.68. The van der Waals surface area contributed by atoms with Crippen molar-refractivity contribution in [3.8, 4) is 5.75 Å². The summed E-state index contributed by atoms with van der Waals surface area (Å²) < 4.78 is 46.2. The van der Waals surface area contributed by atoms with Crippen LogP contribution in [0.1, 0.15) is 75.1 Å². The lowest BCUT2D eigenvalue weighted by molar-refractivity contribution is 0.0319. The SMILES string of the molecule is CCCS(=O)(=O)N1CCN(C2(CCC(=O)c3c(F)cccc3OC)CCCCCC2)CC1.Cl. The molecule has 0 N–H and O–H groups in total. The first-order valence-corrected chi connectivity index (χ1v) is 13.5. The quantitative estimate of drug-likeness (QED) is 0.361. The fourth-order valence-electron chi connectivity index (χ4n) is 5.35. The molecule has 188 valence electrons. The van der Waals surface area contributed by atoms with Crippen LogP contribution in [0.3, 0.4) is 0 Å². The summed E-state index contributed by atoms with van der Waals surface area (Å²) in [6, 6.07) is 4.46. The topological polar surface area (TPSA) is 66.9 Å². The molecule has 6 nitrogen and oxygen atoms in total. The van der Waals surface area contributed by atoms with Crippen LogP contribution in [0.15, 0.2) is 18.2 Å². The average molecular weight is 505 g/mol. The van der Waals surface area contributed by atoms with E-state index in [-0.39, 0.29) is 47.2 Å². The van der Waals surface area contributed by atoms with E-state index in [2.05, 4.69) is 4.90 Å². The molecule has 0 aromatic heterocycles. The Morgan fingerprint density at radius 2 is 1.73 bits per heavy atom. The van der Waals surface area contributed by atoms with Gasteiger partial charge in [-0.2, -0.15) is 4.31 Å². The number of carbonyl (C=O) groups excluding carboxylic acids is 1. The first kappa shape index (κ1) is 28.0. The molecule has 1 aliphatic carbocycles. The molecule has 9 heteroatoms. The summed E-state index contributed by atoms with van der Waals surface area (Å²) >= 11 is 0. The Hall–Kier alpha value is -1.22. The summed E-state index contributed by atoms with van der Waals surface area (Å²) in [5.74, 6) is -0.302. The third-order valence-electron chi connectivity index (χ3n) is 7.09. The zero-order valence-electron chi connectivity index (χ0n) is 19.9. The molecule has 1 aromatic rings. The number of carbonyl (C=O) groups is 1. The van der Waals surface area contributed by atoms with Crippen molar-refractivity contribution >= 4 is 28.2 Å². The van der Waals surface area contributed by atoms with E-state index >= 15 is 0 Å². The van der Waals surface area contributed by atoms with Gasteiger partial charge >= 0.3 is 0 Å². The Morgan fingerprint density at radius 1 is 1.09 bits per heavy atom. The monoisotopic (exact) mass is 504 g/mol. The lowest BCUT2D eigenvalue weighted by atomic mass is 9.82. The van der Waals surface area contributed by atoms with Gasteiger partial charge in [-0.3, -0.25) is 9.69 Å². The highest BCUT2D eigenvalue weighted by Crippen LogP contribution is 2.38. The van der Waals surface area contributed by atoms with Crippen LogP contribution in [0.5, 0.6) is 5.75 Å². The second-order valence-electron chi connectivity index (χ2n) is 9.08. The molecular formula is C24H38ClFN2O4S. The maximum Gasteiger partial charge on any atom is 0.214 e. The Bertz CT molecular complexity index is 880. The normalized spacial score (nSPS) is 20.0. The number of benzene rings is 1. The Morgan fingerprint density at radius 3 is 2.30 bits per heavy atom. The van der Waals surface area contributed by atoms with Gasteiger partial charge in [-0.1, -0.05) is 38.7 Å². The van der Waals surface area contributed by atoms with Crippen molar-refractivity contribution in [1.29, 1.82) is 0 Å². The fourth-order valence-corrected chi connectivity index (χ4v) is 6.85. The van der Waals surface area contributed by atoms with E-state index in [0.717, 1.165) is 25.7 Å². The smallest absolute Gasteiger partial charge is 0.214 e. The van der Waals surface area contributed by atoms with Gasteiger partial charge in [-0.05, 0) is 37.8 Å². The van der Waals surface area contributed by atoms with Gasteiger partial charge in [-0.25, -0.2) is 12.8 Å². The molecular weight excluding hydrogens is 467 g/mol. The number of hydrogen-bond donors (Lipinski definition) is 0. The van der Waals surface area contributed by atoms with Crippen LogP contribution in [-0.2, 0) is 10.0 Å². The van der Waals surface area contributed by atoms with Crippen LogP contribution in [0, 0.1) is 5.82 Å². The summed E-state index contributed by atoms with van der Waals surface area (Å²) in [6.07, 6.45) is 8.10. The summed E-state index contributed by atoms with van der Waals surface area (Å²) in [5, 5.41) is 0. The number of hydrogen-bond acceptors (Lipinski definition) is 5. The molecule has 2 aliphatic rings. The second kappa shape index (κ2) is 12.5. The minimum absolute atomic E-state index is 0. The summed E-state index contributed by atoms with van der Waals surface area (Å²) in [4.78, 5) is 15.4. The molecule has 0 radical (unpaired) electrons. The van der Waals surface area contributed by atoms with E-state index in [0.29, 0.717) is 39.0 Å². The van der Waals surface area contributed by atoms with Crippen molar-refractivity contribution < 1.29 is 22.3 Å². The molecule has 0 atom stereocenters. The van der Waals surface area contributed by atoms with Gasteiger partial charge in [-0.15, -0.1) is 12.4 Å². The van der Waals surface area contributed by atoms with E-state index in [9.17, 15) is 17.6 Å². The van der Waals surface area contributed by atoms with Gasteiger partial charge in [0.2, 0.25) is 10.0 Å². The zero-order chi connectivity index (χ0) is 23.2. The number of halogens is 2. The van der Waals surface area contributed by atoms with Crippen LogP contribution in [0.4, 0.5) is 4.39 Å².